The van der Waals surface area contributed by atoms with Gasteiger partial charge >= 0.3 is 5.97 Å². The fourth-order valence-electron chi connectivity index (χ4n) is 2.66. The van der Waals surface area contributed by atoms with E-state index in [0.29, 0.717) is 11.8 Å². The summed E-state index contributed by atoms with van der Waals surface area (Å²) in [7, 11) is 0. The van der Waals surface area contributed by atoms with E-state index in [0.717, 1.165) is 37.2 Å². The topological polar surface area (TPSA) is 57.0 Å². The molecule has 22 heavy (non-hydrogen) atoms. The maximum Gasteiger partial charge on any atom is 0.378 e. The lowest BCUT2D eigenvalue weighted by Crippen LogP contribution is -2.18. The summed E-state index contributed by atoms with van der Waals surface area (Å²) in [6, 6.07) is 9.83. The lowest BCUT2D eigenvalue weighted by molar-refractivity contribution is 0.0280. The van der Waals surface area contributed by atoms with Crippen molar-refractivity contribution in [1.82, 2.24) is 14.8 Å². The Hall–Kier alpha value is -2.17. The second-order valence-electron chi connectivity index (χ2n) is 6.26. The van der Waals surface area contributed by atoms with E-state index >= 15 is 0 Å². The van der Waals surface area contributed by atoms with Crippen molar-refractivity contribution in [3.8, 4) is 5.69 Å². The quantitative estimate of drug-likeness (QED) is 0.796. The van der Waals surface area contributed by atoms with Crippen LogP contribution in [0.4, 0.5) is 0 Å². The van der Waals surface area contributed by atoms with Crippen LogP contribution >= 0.6 is 0 Å². The highest BCUT2D eigenvalue weighted by molar-refractivity contribution is 5.85. The van der Waals surface area contributed by atoms with Crippen molar-refractivity contribution in [3.63, 3.8) is 0 Å². The molecule has 0 amide bonds. The maximum atomic E-state index is 12.3. The molecule has 2 saturated carbocycles. The van der Waals surface area contributed by atoms with Gasteiger partial charge in [-0.1, -0.05) is 18.2 Å². The zero-order valence-electron chi connectivity index (χ0n) is 12.6. The van der Waals surface area contributed by atoms with Gasteiger partial charge in [-0.2, -0.15) is 0 Å². The van der Waals surface area contributed by atoms with E-state index in [4.69, 9.17) is 4.74 Å². The lowest BCUT2D eigenvalue weighted by atomic mass is 10.3. The molecule has 1 heterocycles. The first-order valence-electron chi connectivity index (χ1n) is 7.96. The van der Waals surface area contributed by atoms with Crippen molar-refractivity contribution in [2.75, 3.05) is 0 Å². The van der Waals surface area contributed by atoms with Gasteiger partial charge in [-0.3, -0.25) is 0 Å². The SMILES string of the molecule is C[C@@H](OC(=O)c1nc(C2CC2)n(-c2ccccc2)n1)C1CC1. The number of carbonyl (C=O) groups excluding carboxylic acids is 1. The zero-order valence-corrected chi connectivity index (χ0v) is 12.6. The van der Waals surface area contributed by atoms with Gasteiger partial charge in [-0.25, -0.2) is 14.5 Å². The third-order valence-electron chi connectivity index (χ3n) is 4.34. The molecule has 114 valence electrons. The summed E-state index contributed by atoms with van der Waals surface area (Å²) in [6.45, 7) is 1.95. The molecule has 1 atom stereocenters. The third kappa shape index (κ3) is 2.63. The van der Waals surface area contributed by atoms with E-state index in [1.807, 2.05) is 37.3 Å². The van der Waals surface area contributed by atoms with Crippen LogP contribution in [0.15, 0.2) is 30.3 Å². The molecule has 5 nitrogen and oxygen atoms in total. The van der Waals surface area contributed by atoms with Crippen molar-refractivity contribution in [3.05, 3.63) is 42.0 Å². The van der Waals surface area contributed by atoms with Gasteiger partial charge < -0.3 is 4.74 Å². The number of para-hydroxylation sites is 1. The second kappa shape index (κ2) is 5.23. The van der Waals surface area contributed by atoms with Crippen LogP contribution in [-0.4, -0.2) is 26.8 Å². The van der Waals surface area contributed by atoms with E-state index in [-0.39, 0.29) is 11.9 Å². The number of rotatable bonds is 5. The first kappa shape index (κ1) is 13.5. The standard InChI is InChI=1S/C17H19N3O2/c1-11(12-7-8-12)22-17(21)15-18-16(13-9-10-13)20(19-15)14-5-3-2-4-6-14/h2-6,11-13H,7-10H2,1H3/t11-/m1/s1. The van der Waals surface area contributed by atoms with Crippen LogP contribution in [0.1, 0.15) is 55.0 Å². The Labute approximate surface area is 129 Å². The van der Waals surface area contributed by atoms with Crippen molar-refractivity contribution < 1.29 is 9.53 Å². The van der Waals surface area contributed by atoms with Crippen LogP contribution < -0.4 is 0 Å². The number of esters is 1. The first-order valence-corrected chi connectivity index (χ1v) is 7.96. The smallest absolute Gasteiger partial charge is 0.378 e. The number of hydrogen-bond acceptors (Lipinski definition) is 4. The molecule has 2 aromatic rings. The molecule has 4 rings (SSSR count). The molecule has 0 radical (unpaired) electrons. The van der Waals surface area contributed by atoms with Crippen LogP contribution in [0, 0.1) is 5.92 Å². The molecule has 1 aromatic heterocycles. The molecular formula is C17H19N3O2. The highest BCUT2D eigenvalue weighted by Crippen LogP contribution is 2.40. The van der Waals surface area contributed by atoms with Gasteiger partial charge in [0.05, 0.1) is 5.69 Å². The van der Waals surface area contributed by atoms with E-state index in [2.05, 4.69) is 10.1 Å². The molecule has 0 N–H and O–H groups in total. The summed E-state index contributed by atoms with van der Waals surface area (Å²) in [6.07, 6.45) is 4.47. The van der Waals surface area contributed by atoms with Gasteiger partial charge in [-0.15, -0.1) is 5.10 Å². The number of carbonyl (C=O) groups is 1. The summed E-state index contributed by atoms with van der Waals surface area (Å²) in [5.74, 6) is 1.57. The first-order chi connectivity index (χ1) is 10.7. The Kier molecular flexibility index (Phi) is 3.21. The van der Waals surface area contributed by atoms with Gasteiger partial charge in [0.15, 0.2) is 0 Å². The van der Waals surface area contributed by atoms with Gasteiger partial charge in [0.2, 0.25) is 0 Å². The summed E-state index contributed by atoms with van der Waals surface area (Å²) >= 11 is 0. The Balaban J connectivity index is 1.62. The molecule has 0 spiro atoms. The zero-order chi connectivity index (χ0) is 15.1. The average molecular weight is 297 g/mol. The second-order valence-corrected chi connectivity index (χ2v) is 6.26. The maximum absolute atomic E-state index is 12.3. The fraction of sp³-hybridized carbons (Fsp3) is 0.471. The van der Waals surface area contributed by atoms with Crippen LogP contribution in [0.2, 0.25) is 0 Å². The summed E-state index contributed by atoms with van der Waals surface area (Å²) in [5.41, 5.74) is 0.936. The Morgan fingerprint density at radius 2 is 1.95 bits per heavy atom. The van der Waals surface area contributed by atoms with Crippen LogP contribution in [0.25, 0.3) is 5.69 Å². The molecule has 0 bridgehead atoms. The van der Waals surface area contributed by atoms with Crippen LogP contribution in [0.5, 0.6) is 0 Å². The molecule has 0 unspecified atom stereocenters. The van der Waals surface area contributed by atoms with Gasteiger partial charge in [0.1, 0.15) is 11.9 Å². The minimum atomic E-state index is -0.406. The highest BCUT2D eigenvalue weighted by atomic mass is 16.5. The number of nitrogens with zero attached hydrogens (tertiary/aromatic N) is 3. The average Bonchev–Trinajstić information content (AvgIpc) is 3.45. The molecule has 2 aliphatic carbocycles. The molecule has 0 aliphatic heterocycles. The predicted molar refractivity (Wildman–Crippen MR) is 80.9 cm³/mol. The van der Waals surface area contributed by atoms with E-state index < -0.39 is 5.97 Å². The van der Waals surface area contributed by atoms with Gasteiger partial charge in [0.25, 0.3) is 5.82 Å². The largest absolute Gasteiger partial charge is 0.456 e. The number of ether oxygens (including phenoxy) is 1. The minimum absolute atomic E-state index is 0.0412. The van der Waals surface area contributed by atoms with E-state index in [1.165, 1.54) is 0 Å². The lowest BCUT2D eigenvalue weighted by Gasteiger charge is -2.09. The number of benzene rings is 1. The monoisotopic (exact) mass is 297 g/mol. The molecular weight excluding hydrogens is 278 g/mol. The molecule has 2 aliphatic rings. The van der Waals surface area contributed by atoms with Crippen molar-refractivity contribution in [2.45, 2.75) is 44.6 Å². The minimum Gasteiger partial charge on any atom is -0.456 e. The number of aromatic nitrogens is 3. The molecule has 1 aromatic carbocycles. The third-order valence-corrected chi connectivity index (χ3v) is 4.34. The van der Waals surface area contributed by atoms with Gasteiger partial charge in [-0.05, 0) is 50.7 Å². The fourth-order valence-corrected chi connectivity index (χ4v) is 2.66. The summed E-state index contributed by atoms with van der Waals surface area (Å²) in [5, 5.41) is 4.41. The molecule has 2 fully saturated rings. The highest BCUT2D eigenvalue weighted by Gasteiger charge is 2.34. The van der Waals surface area contributed by atoms with Crippen molar-refractivity contribution in [2.24, 2.45) is 5.92 Å². The van der Waals surface area contributed by atoms with Crippen LogP contribution in [0.3, 0.4) is 0 Å². The number of hydrogen-bond donors (Lipinski definition) is 0. The summed E-state index contributed by atoms with van der Waals surface area (Å²) < 4.78 is 7.28. The van der Waals surface area contributed by atoms with Gasteiger partial charge in [0, 0.05) is 5.92 Å². The predicted octanol–water partition coefficient (Wildman–Crippen LogP) is 3.10. The summed E-state index contributed by atoms with van der Waals surface area (Å²) in [4.78, 5) is 16.7. The Morgan fingerprint density at radius 1 is 1.23 bits per heavy atom. The van der Waals surface area contributed by atoms with E-state index in [1.54, 1.807) is 4.68 Å². The normalized spacial score (nSPS) is 19.0. The molecule has 0 saturated heterocycles. The van der Waals surface area contributed by atoms with Crippen LogP contribution in [-0.2, 0) is 4.74 Å². The Bertz CT molecular complexity index is 687. The van der Waals surface area contributed by atoms with E-state index in [9.17, 15) is 4.79 Å². The van der Waals surface area contributed by atoms with Crippen molar-refractivity contribution in [1.29, 1.82) is 0 Å². The Morgan fingerprint density at radius 3 is 2.59 bits per heavy atom. The van der Waals surface area contributed by atoms with Crippen molar-refractivity contribution >= 4 is 5.97 Å². The molecule has 5 heteroatoms.